The highest BCUT2D eigenvalue weighted by molar-refractivity contribution is 9.10. The summed E-state index contributed by atoms with van der Waals surface area (Å²) in [5.41, 5.74) is 8.52. The van der Waals surface area contributed by atoms with Crippen LogP contribution in [0.15, 0.2) is 34.8 Å². The van der Waals surface area contributed by atoms with Gasteiger partial charge in [0.25, 0.3) is 0 Å². The van der Waals surface area contributed by atoms with Gasteiger partial charge in [-0.25, -0.2) is 4.39 Å². The molecular weight excluding hydrogens is 311 g/mol. The number of nitrogens with two attached hydrogens (primary N) is 1. The molecule has 0 bridgehead atoms. The SMILES string of the molecule is COc1ccc(F)c(Nc2cc(C)c(N)cc2Br)c1. The molecular formula is C14H14BrFN2O. The van der Waals surface area contributed by atoms with E-state index >= 15 is 0 Å². The smallest absolute Gasteiger partial charge is 0.146 e. The molecule has 0 aliphatic heterocycles. The number of rotatable bonds is 3. The molecule has 0 aromatic heterocycles. The molecule has 0 amide bonds. The number of nitrogen functional groups attached to an aromatic ring is 1. The van der Waals surface area contributed by atoms with Crippen LogP contribution in [0.3, 0.4) is 0 Å². The molecule has 0 unspecified atom stereocenters. The minimum absolute atomic E-state index is 0.345. The standard InChI is InChI=1S/C14H14BrFN2O/c1-8-5-13(10(15)7-12(8)17)18-14-6-9(19-2)3-4-11(14)16/h3-7,18H,17H2,1-2H3. The summed E-state index contributed by atoms with van der Waals surface area (Å²) >= 11 is 3.40. The number of hydrogen-bond donors (Lipinski definition) is 2. The van der Waals surface area contributed by atoms with Gasteiger partial charge in [-0.2, -0.15) is 0 Å². The highest BCUT2D eigenvalue weighted by Gasteiger charge is 2.08. The number of anilines is 3. The molecule has 2 aromatic carbocycles. The third kappa shape index (κ3) is 2.98. The van der Waals surface area contributed by atoms with Crippen LogP contribution < -0.4 is 15.8 Å². The van der Waals surface area contributed by atoms with E-state index in [1.165, 1.54) is 6.07 Å². The third-order valence-electron chi connectivity index (χ3n) is 2.80. The number of hydrogen-bond acceptors (Lipinski definition) is 3. The maximum absolute atomic E-state index is 13.7. The number of methoxy groups -OCH3 is 1. The van der Waals surface area contributed by atoms with Gasteiger partial charge in [-0.3, -0.25) is 0 Å². The topological polar surface area (TPSA) is 47.3 Å². The molecule has 3 N–H and O–H groups in total. The second kappa shape index (κ2) is 5.48. The average molecular weight is 325 g/mol. The van der Waals surface area contributed by atoms with Gasteiger partial charge in [0.15, 0.2) is 0 Å². The Morgan fingerprint density at radius 1 is 1.21 bits per heavy atom. The molecule has 3 nitrogen and oxygen atoms in total. The Labute approximate surface area is 119 Å². The number of halogens is 2. The van der Waals surface area contributed by atoms with E-state index in [1.807, 2.05) is 13.0 Å². The summed E-state index contributed by atoms with van der Waals surface area (Å²) < 4.78 is 19.6. The first kappa shape index (κ1) is 13.7. The number of nitrogens with one attached hydrogen (secondary N) is 1. The number of aryl methyl sites for hydroxylation is 1. The lowest BCUT2D eigenvalue weighted by molar-refractivity contribution is 0.414. The van der Waals surface area contributed by atoms with Gasteiger partial charge in [0.1, 0.15) is 11.6 Å². The molecule has 0 saturated heterocycles. The summed E-state index contributed by atoms with van der Waals surface area (Å²) in [6.07, 6.45) is 0. The molecule has 0 spiro atoms. The second-order valence-electron chi connectivity index (χ2n) is 4.16. The first-order valence-corrected chi connectivity index (χ1v) is 6.46. The van der Waals surface area contributed by atoms with Gasteiger partial charge < -0.3 is 15.8 Å². The van der Waals surface area contributed by atoms with Gasteiger partial charge >= 0.3 is 0 Å². The predicted molar refractivity (Wildman–Crippen MR) is 79.5 cm³/mol. The van der Waals surface area contributed by atoms with E-state index in [0.29, 0.717) is 17.1 Å². The Hall–Kier alpha value is -1.75. The zero-order valence-electron chi connectivity index (χ0n) is 10.6. The first-order valence-electron chi connectivity index (χ1n) is 5.67. The van der Waals surface area contributed by atoms with Crippen molar-refractivity contribution in [1.29, 1.82) is 0 Å². The van der Waals surface area contributed by atoms with Gasteiger partial charge in [0.2, 0.25) is 0 Å². The molecule has 0 aliphatic carbocycles. The van der Waals surface area contributed by atoms with Crippen LogP contribution in [0.2, 0.25) is 0 Å². The Kier molecular flexibility index (Phi) is 3.95. The molecule has 2 aromatic rings. The van der Waals surface area contributed by atoms with Crippen LogP contribution in [-0.2, 0) is 0 Å². The fraction of sp³-hybridized carbons (Fsp3) is 0.143. The zero-order chi connectivity index (χ0) is 14.0. The second-order valence-corrected chi connectivity index (χ2v) is 5.01. The van der Waals surface area contributed by atoms with Gasteiger partial charge in [-0.05, 0) is 52.7 Å². The van der Waals surface area contributed by atoms with Crippen molar-refractivity contribution in [2.24, 2.45) is 0 Å². The summed E-state index contributed by atoms with van der Waals surface area (Å²) in [4.78, 5) is 0. The lowest BCUT2D eigenvalue weighted by atomic mass is 10.1. The predicted octanol–water partition coefficient (Wildman–Crippen LogP) is 4.23. The molecule has 0 atom stereocenters. The Morgan fingerprint density at radius 3 is 2.63 bits per heavy atom. The number of ether oxygens (including phenoxy) is 1. The van der Waals surface area contributed by atoms with Crippen LogP contribution in [0, 0.1) is 12.7 Å². The van der Waals surface area contributed by atoms with E-state index in [9.17, 15) is 4.39 Å². The van der Waals surface area contributed by atoms with Gasteiger partial charge in [-0.15, -0.1) is 0 Å². The van der Waals surface area contributed by atoms with Gasteiger partial charge in [-0.1, -0.05) is 0 Å². The van der Waals surface area contributed by atoms with Crippen LogP contribution in [0.25, 0.3) is 0 Å². The van der Waals surface area contributed by atoms with Crippen molar-refractivity contribution in [2.75, 3.05) is 18.2 Å². The minimum Gasteiger partial charge on any atom is -0.497 e. The van der Waals surface area contributed by atoms with Crippen molar-refractivity contribution in [3.63, 3.8) is 0 Å². The minimum atomic E-state index is -0.345. The van der Waals surface area contributed by atoms with E-state index in [1.54, 1.807) is 25.3 Å². The largest absolute Gasteiger partial charge is 0.497 e. The van der Waals surface area contributed by atoms with Crippen LogP contribution in [0.1, 0.15) is 5.56 Å². The Bertz CT molecular complexity index is 617. The molecule has 5 heteroatoms. The average Bonchev–Trinajstić information content (AvgIpc) is 2.38. The van der Waals surface area contributed by atoms with Crippen molar-refractivity contribution in [3.05, 3.63) is 46.2 Å². The maximum atomic E-state index is 13.7. The summed E-state index contributed by atoms with van der Waals surface area (Å²) in [7, 11) is 1.54. The van der Waals surface area contributed by atoms with E-state index < -0.39 is 0 Å². The lowest BCUT2D eigenvalue weighted by Gasteiger charge is -2.13. The van der Waals surface area contributed by atoms with Crippen molar-refractivity contribution < 1.29 is 9.13 Å². The number of benzene rings is 2. The molecule has 0 radical (unpaired) electrons. The Morgan fingerprint density at radius 2 is 1.95 bits per heavy atom. The maximum Gasteiger partial charge on any atom is 0.146 e. The van der Waals surface area contributed by atoms with Crippen molar-refractivity contribution in [3.8, 4) is 5.75 Å². The van der Waals surface area contributed by atoms with Crippen LogP contribution >= 0.6 is 15.9 Å². The lowest BCUT2D eigenvalue weighted by Crippen LogP contribution is -1.98. The van der Waals surface area contributed by atoms with Crippen molar-refractivity contribution >= 4 is 33.0 Å². The highest BCUT2D eigenvalue weighted by atomic mass is 79.9. The highest BCUT2D eigenvalue weighted by Crippen LogP contribution is 2.32. The summed E-state index contributed by atoms with van der Waals surface area (Å²) in [6, 6.07) is 8.19. The first-order chi connectivity index (χ1) is 9.01. The molecule has 0 fully saturated rings. The molecule has 100 valence electrons. The van der Waals surface area contributed by atoms with E-state index in [4.69, 9.17) is 10.5 Å². The van der Waals surface area contributed by atoms with Gasteiger partial charge in [0.05, 0.1) is 18.5 Å². The van der Waals surface area contributed by atoms with Gasteiger partial charge in [0, 0.05) is 16.2 Å². The zero-order valence-corrected chi connectivity index (χ0v) is 12.2. The van der Waals surface area contributed by atoms with E-state index in [2.05, 4.69) is 21.2 Å². The van der Waals surface area contributed by atoms with E-state index in [0.717, 1.165) is 15.7 Å². The fourth-order valence-corrected chi connectivity index (χ4v) is 2.13. The summed E-state index contributed by atoms with van der Waals surface area (Å²) in [6.45, 7) is 1.90. The van der Waals surface area contributed by atoms with E-state index in [-0.39, 0.29) is 5.82 Å². The summed E-state index contributed by atoms with van der Waals surface area (Å²) in [5.74, 6) is 0.245. The monoisotopic (exact) mass is 324 g/mol. The van der Waals surface area contributed by atoms with Crippen molar-refractivity contribution in [1.82, 2.24) is 0 Å². The molecule has 0 heterocycles. The summed E-state index contributed by atoms with van der Waals surface area (Å²) in [5, 5.41) is 3.03. The fourth-order valence-electron chi connectivity index (χ4n) is 1.66. The van der Waals surface area contributed by atoms with Crippen LogP contribution in [-0.4, -0.2) is 7.11 Å². The quantitative estimate of drug-likeness (QED) is 0.830. The molecule has 2 rings (SSSR count). The molecule has 0 saturated carbocycles. The third-order valence-corrected chi connectivity index (χ3v) is 3.45. The normalized spacial score (nSPS) is 10.3. The van der Waals surface area contributed by atoms with Crippen LogP contribution in [0.4, 0.5) is 21.5 Å². The van der Waals surface area contributed by atoms with Crippen LogP contribution in [0.5, 0.6) is 5.75 Å². The Balaban J connectivity index is 2.38. The molecule has 19 heavy (non-hydrogen) atoms. The van der Waals surface area contributed by atoms with Crippen molar-refractivity contribution in [2.45, 2.75) is 6.92 Å². The molecule has 0 aliphatic rings.